The van der Waals surface area contributed by atoms with Gasteiger partial charge in [0.15, 0.2) is 0 Å². The van der Waals surface area contributed by atoms with Crippen LogP contribution >= 0.6 is 0 Å². The van der Waals surface area contributed by atoms with E-state index in [1.165, 1.54) is 6.20 Å². The van der Waals surface area contributed by atoms with Crippen LogP contribution in [0.4, 0.5) is 23.1 Å². The molecule has 4 saturated heterocycles. The molecule has 3 aromatic rings. The van der Waals surface area contributed by atoms with E-state index < -0.39 is 35.6 Å². The summed E-state index contributed by atoms with van der Waals surface area (Å²) in [5.74, 6) is -0.842. The topological polar surface area (TPSA) is 228 Å². The fourth-order valence-corrected chi connectivity index (χ4v) is 12.1. The largest absolute Gasteiger partial charge is 0.462 e. The SMILES string of the molecule is CCOC(=O)c1cnc(Nc2cnn(C)c2)nc1NC1CCC(N2CCN(C(=O)C3CCC(C(=O)N4CCC(CN5CCN(c6ccc7c(c6)C(=O)N(C6CCC(=O)NC6=O)C7=O)CC5)C4)CC3)CC2)CC1. The Hall–Kier alpha value is -6.48. The average Bonchev–Trinajstić information content (AvgIpc) is 4.10. The molecule has 3 N–H and O–H groups in total. The number of nitrogens with zero attached hydrogens (tertiary/aromatic N) is 10. The lowest BCUT2D eigenvalue weighted by Crippen LogP contribution is -2.54. The molecule has 7 heterocycles. The van der Waals surface area contributed by atoms with Gasteiger partial charge in [0.25, 0.3) is 11.8 Å². The number of carbonyl (C=O) groups is 7. The maximum Gasteiger partial charge on any atom is 0.343 e. The standard InChI is InChI=1S/C51H67N13O8/c1-3-72-50(71)41-28-52-51(55-36-27-53-58(2)31-36)57-44(41)54-35-8-10-37(11-9-35)60-22-24-62(25-23-60)46(67)33-4-6-34(7-5-33)47(68)63-17-16-32(30-63)29-59-18-20-61(21-19-59)38-12-13-39-40(26-38)49(70)64(48(39)69)42-14-15-43(65)56-45(42)66/h12-13,26-28,31-35,37,42H,3-11,14-25,29-30H2,1-2H3,(H,56,65,66)(H2,52,54,55,57). The molecule has 21 nitrogen and oxygen atoms in total. The van der Waals surface area contributed by atoms with E-state index in [1.54, 1.807) is 29.9 Å². The molecule has 1 aromatic carbocycles. The maximum atomic E-state index is 13.8. The number of benzene rings is 1. The van der Waals surface area contributed by atoms with Crippen molar-refractivity contribution in [2.24, 2.45) is 24.8 Å². The van der Waals surface area contributed by atoms with Crippen LogP contribution < -0.4 is 20.9 Å². The van der Waals surface area contributed by atoms with E-state index >= 15 is 0 Å². The monoisotopic (exact) mass is 990 g/mol. The first-order chi connectivity index (χ1) is 34.9. The number of amides is 6. The Morgan fingerprint density at radius 1 is 0.778 bits per heavy atom. The van der Waals surface area contributed by atoms with Gasteiger partial charge in [-0.1, -0.05) is 0 Å². The van der Waals surface area contributed by atoms with Crippen molar-refractivity contribution in [3.8, 4) is 0 Å². The summed E-state index contributed by atoms with van der Waals surface area (Å²) >= 11 is 0. The molecule has 72 heavy (non-hydrogen) atoms. The molecule has 0 radical (unpaired) electrons. The highest BCUT2D eigenvalue weighted by Crippen LogP contribution is 2.35. The molecule has 2 atom stereocenters. The number of piperazine rings is 2. The van der Waals surface area contributed by atoms with Gasteiger partial charge in [-0.25, -0.2) is 9.78 Å². The molecule has 6 amide bonds. The number of esters is 1. The number of aromatic nitrogens is 4. The zero-order valence-corrected chi connectivity index (χ0v) is 41.4. The van der Waals surface area contributed by atoms with E-state index in [2.05, 4.69) is 55.5 Å². The number of rotatable bonds is 13. The van der Waals surface area contributed by atoms with E-state index in [1.807, 2.05) is 19.3 Å². The fourth-order valence-electron chi connectivity index (χ4n) is 12.1. The van der Waals surface area contributed by atoms with Crippen molar-refractivity contribution in [2.45, 2.75) is 95.7 Å². The van der Waals surface area contributed by atoms with Gasteiger partial charge in [-0.2, -0.15) is 10.1 Å². The van der Waals surface area contributed by atoms with Crippen LogP contribution in [0.15, 0.2) is 36.8 Å². The van der Waals surface area contributed by atoms with E-state index in [-0.39, 0.29) is 60.3 Å². The fraction of sp³-hybridized carbons (Fsp3) is 0.608. The number of fused-ring (bicyclic) bond motifs is 1. The van der Waals surface area contributed by atoms with Gasteiger partial charge in [-0.15, -0.1) is 0 Å². The summed E-state index contributed by atoms with van der Waals surface area (Å²) in [7, 11) is 1.83. The lowest BCUT2D eigenvalue weighted by molar-refractivity contribution is -0.142. The van der Waals surface area contributed by atoms with Crippen LogP contribution in [0.3, 0.4) is 0 Å². The van der Waals surface area contributed by atoms with Crippen LogP contribution in [0.25, 0.3) is 0 Å². The zero-order chi connectivity index (χ0) is 50.0. The number of imide groups is 2. The quantitative estimate of drug-likeness (QED) is 0.165. The summed E-state index contributed by atoms with van der Waals surface area (Å²) < 4.78 is 6.99. The van der Waals surface area contributed by atoms with Crippen molar-refractivity contribution >= 4 is 64.6 Å². The second-order valence-electron chi connectivity index (χ2n) is 20.7. The molecule has 2 unspecified atom stereocenters. The number of nitrogens with one attached hydrogen (secondary N) is 3. The van der Waals surface area contributed by atoms with Gasteiger partial charge in [-0.3, -0.25) is 53.5 Å². The van der Waals surface area contributed by atoms with Gasteiger partial charge < -0.3 is 30.1 Å². The van der Waals surface area contributed by atoms with Gasteiger partial charge in [0, 0.05) is 127 Å². The Morgan fingerprint density at radius 3 is 2.17 bits per heavy atom. The van der Waals surface area contributed by atoms with Gasteiger partial charge in [0.2, 0.25) is 29.6 Å². The van der Waals surface area contributed by atoms with Gasteiger partial charge in [-0.05, 0) is 95.2 Å². The van der Waals surface area contributed by atoms with E-state index in [0.29, 0.717) is 29.3 Å². The summed E-state index contributed by atoms with van der Waals surface area (Å²) in [5, 5.41) is 13.1. The molecule has 0 bridgehead atoms. The lowest BCUT2D eigenvalue weighted by Gasteiger charge is -2.43. The minimum absolute atomic E-state index is 0.0270. The van der Waals surface area contributed by atoms with Crippen LogP contribution in [0, 0.1) is 17.8 Å². The van der Waals surface area contributed by atoms with Crippen molar-refractivity contribution < 1.29 is 38.3 Å². The maximum absolute atomic E-state index is 13.8. The first-order valence-corrected chi connectivity index (χ1v) is 26.1. The average molecular weight is 990 g/mol. The number of piperidine rings is 1. The molecule has 5 aliphatic heterocycles. The van der Waals surface area contributed by atoms with Crippen LogP contribution in [-0.2, 0) is 31.0 Å². The molecular weight excluding hydrogens is 923 g/mol. The Kier molecular flexibility index (Phi) is 14.5. The summed E-state index contributed by atoms with van der Waals surface area (Å²) in [4.78, 5) is 113. The molecule has 384 valence electrons. The van der Waals surface area contributed by atoms with Crippen molar-refractivity contribution in [3.05, 3.63) is 53.5 Å². The molecule has 2 saturated carbocycles. The summed E-state index contributed by atoms with van der Waals surface area (Å²) in [6.45, 7) is 10.8. The van der Waals surface area contributed by atoms with E-state index in [9.17, 15) is 33.6 Å². The first kappa shape index (κ1) is 49.1. The van der Waals surface area contributed by atoms with E-state index in [4.69, 9.17) is 4.74 Å². The van der Waals surface area contributed by atoms with Crippen LogP contribution in [0.5, 0.6) is 0 Å². The highest BCUT2D eigenvalue weighted by Gasteiger charge is 2.45. The number of hydrogen-bond donors (Lipinski definition) is 3. The molecule has 2 aliphatic carbocycles. The normalized spacial score (nSPS) is 26.4. The predicted molar refractivity (Wildman–Crippen MR) is 264 cm³/mol. The van der Waals surface area contributed by atoms with Gasteiger partial charge in [0.1, 0.15) is 17.4 Å². The Bertz CT molecular complexity index is 2560. The van der Waals surface area contributed by atoms with Crippen molar-refractivity contribution in [1.29, 1.82) is 0 Å². The molecule has 0 spiro atoms. The third kappa shape index (κ3) is 10.5. The van der Waals surface area contributed by atoms with Crippen LogP contribution in [-0.4, -0.2) is 182 Å². The highest BCUT2D eigenvalue weighted by atomic mass is 16.5. The molecule has 7 aliphatic rings. The van der Waals surface area contributed by atoms with Crippen molar-refractivity contribution in [2.75, 3.05) is 94.1 Å². The summed E-state index contributed by atoms with van der Waals surface area (Å²) in [5.41, 5.74) is 2.47. The van der Waals surface area contributed by atoms with Crippen molar-refractivity contribution in [3.63, 3.8) is 0 Å². The minimum atomic E-state index is -0.990. The van der Waals surface area contributed by atoms with E-state index in [0.717, 1.165) is 146 Å². The zero-order valence-electron chi connectivity index (χ0n) is 41.4. The Morgan fingerprint density at radius 2 is 1.49 bits per heavy atom. The smallest absolute Gasteiger partial charge is 0.343 e. The van der Waals surface area contributed by atoms with Gasteiger partial charge in [0.05, 0.1) is 29.6 Å². The summed E-state index contributed by atoms with van der Waals surface area (Å²) in [6, 6.07) is 4.87. The lowest BCUT2D eigenvalue weighted by atomic mass is 9.80. The molecular formula is C51H67N13O8. The second kappa shape index (κ2) is 21.3. The van der Waals surface area contributed by atoms with Crippen LogP contribution in [0.2, 0.25) is 0 Å². The van der Waals surface area contributed by atoms with Crippen molar-refractivity contribution in [1.82, 2.24) is 49.6 Å². The number of anilines is 4. The molecule has 10 rings (SSSR count). The second-order valence-corrected chi connectivity index (χ2v) is 20.7. The third-order valence-corrected chi connectivity index (χ3v) is 16.1. The first-order valence-electron chi connectivity index (χ1n) is 26.1. The summed E-state index contributed by atoms with van der Waals surface area (Å²) in [6.07, 6.45) is 13.1. The molecule has 21 heteroatoms. The molecule has 2 aromatic heterocycles. The Balaban J connectivity index is 0.623. The molecule has 6 fully saturated rings. The van der Waals surface area contributed by atoms with Crippen LogP contribution in [0.1, 0.15) is 109 Å². The highest BCUT2D eigenvalue weighted by molar-refractivity contribution is 6.23. The minimum Gasteiger partial charge on any atom is -0.462 e. The number of aryl methyl sites for hydroxylation is 1. The predicted octanol–water partition coefficient (Wildman–Crippen LogP) is 2.88. The number of likely N-dealkylation sites (tertiary alicyclic amines) is 1. The number of carbonyl (C=O) groups excluding carboxylic acids is 7. The number of ether oxygens (including phenoxy) is 1. The Labute approximate surface area is 419 Å². The van der Waals surface area contributed by atoms with Gasteiger partial charge >= 0.3 is 5.97 Å². The third-order valence-electron chi connectivity index (χ3n) is 16.1. The number of hydrogen-bond acceptors (Lipinski definition) is 16.